The number of aliphatic hydroxyl groups is 1. The number of thioether (sulfide) groups is 1. The maximum absolute atomic E-state index is 13.3. The highest BCUT2D eigenvalue weighted by molar-refractivity contribution is 8.26. The molecule has 0 saturated carbocycles. The molecular formula is C24H24FN3O4S2. The normalized spacial score (nSPS) is 17.2. The summed E-state index contributed by atoms with van der Waals surface area (Å²) in [6.45, 7) is 5.39. The molecule has 2 aliphatic rings. The summed E-state index contributed by atoms with van der Waals surface area (Å²) in [5, 5.41) is 10.2. The first-order chi connectivity index (χ1) is 16.2. The predicted molar refractivity (Wildman–Crippen MR) is 136 cm³/mol. The molecule has 2 N–H and O–H groups in total. The summed E-state index contributed by atoms with van der Waals surface area (Å²) in [7, 11) is 0. The Balaban J connectivity index is 0.00000103. The van der Waals surface area contributed by atoms with Crippen LogP contribution in [0.25, 0.3) is 5.57 Å². The van der Waals surface area contributed by atoms with Gasteiger partial charge in [0.15, 0.2) is 0 Å². The topological polar surface area (TPSA) is 90.0 Å². The van der Waals surface area contributed by atoms with Crippen LogP contribution in [-0.2, 0) is 14.4 Å². The SMILES string of the molecule is CC(C)N1C(=O)/C(=C2/C(=O)N(CC(=O)Nc3ccc(F)cc3)c3ccccc32)SC1=S.CCO. The van der Waals surface area contributed by atoms with Crippen LogP contribution in [-0.4, -0.2) is 51.2 Å². The number of fused-ring (bicyclic) bond motifs is 1. The van der Waals surface area contributed by atoms with Crippen LogP contribution in [0.1, 0.15) is 26.3 Å². The number of nitrogens with one attached hydrogen (secondary N) is 1. The van der Waals surface area contributed by atoms with Crippen molar-refractivity contribution in [1.29, 1.82) is 0 Å². The van der Waals surface area contributed by atoms with Crippen molar-refractivity contribution in [2.75, 3.05) is 23.4 Å². The Labute approximate surface area is 206 Å². The fraction of sp³-hybridized carbons (Fsp3) is 0.250. The lowest BCUT2D eigenvalue weighted by atomic mass is 10.1. The Morgan fingerprint density at radius 2 is 1.74 bits per heavy atom. The quantitative estimate of drug-likeness (QED) is 0.490. The Hall–Kier alpha value is -3.08. The summed E-state index contributed by atoms with van der Waals surface area (Å²) in [6.07, 6.45) is 0. The highest BCUT2D eigenvalue weighted by atomic mass is 32.2. The fourth-order valence-electron chi connectivity index (χ4n) is 3.51. The van der Waals surface area contributed by atoms with Gasteiger partial charge in [0.25, 0.3) is 11.8 Å². The van der Waals surface area contributed by atoms with Crippen molar-refractivity contribution in [3.8, 4) is 0 Å². The Morgan fingerprint density at radius 3 is 2.32 bits per heavy atom. The summed E-state index contributed by atoms with van der Waals surface area (Å²) in [6, 6.07) is 12.2. The van der Waals surface area contributed by atoms with Crippen molar-refractivity contribution in [3.05, 3.63) is 64.8 Å². The molecule has 7 nitrogen and oxygen atoms in total. The van der Waals surface area contributed by atoms with Crippen molar-refractivity contribution in [2.24, 2.45) is 0 Å². The predicted octanol–water partition coefficient (Wildman–Crippen LogP) is 3.79. The van der Waals surface area contributed by atoms with E-state index in [0.29, 0.717) is 21.3 Å². The number of benzene rings is 2. The standard InChI is InChI=1S/C22H18FN3O3S2.C2H6O/c1-12(2)26-21(29)19(31-22(26)30)18-15-5-3-4-6-16(15)25(20(18)28)11-17(27)24-14-9-7-13(23)8-10-14;1-2-3/h3-10,12H,11H2,1-2H3,(H,24,27);3H,2H2,1H3/b19-18-;. The molecular weight excluding hydrogens is 477 g/mol. The van der Waals surface area contributed by atoms with E-state index in [2.05, 4.69) is 5.32 Å². The van der Waals surface area contributed by atoms with E-state index in [0.717, 1.165) is 11.8 Å². The fourth-order valence-corrected chi connectivity index (χ4v) is 5.10. The molecule has 4 rings (SSSR count). The first kappa shape index (κ1) is 25.5. The van der Waals surface area contributed by atoms with Crippen molar-refractivity contribution in [3.63, 3.8) is 0 Å². The molecule has 0 spiro atoms. The number of carbonyl (C=O) groups is 3. The van der Waals surface area contributed by atoms with Gasteiger partial charge in [-0.2, -0.15) is 0 Å². The molecule has 34 heavy (non-hydrogen) atoms. The molecule has 2 aromatic carbocycles. The Morgan fingerprint density at radius 1 is 1.12 bits per heavy atom. The third-order valence-electron chi connectivity index (χ3n) is 4.90. The number of anilines is 2. The zero-order valence-electron chi connectivity index (χ0n) is 18.9. The van der Waals surface area contributed by atoms with Gasteiger partial charge in [-0.3, -0.25) is 24.2 Å². The number of amides is 3. The van der Waals surface area contributed by atoms with Crippen LogP contribution in [0.3, 0.4) is 0 Å². The number of hydrogen-bond acceptors (Lipinski definition) is 6. The number of rotatable bonds is 4. The zero-order chi connectivity index (χ0) is 25.0. The monoisotopic (exact) mass is 501 g/mol. The maximum Gasteiger partial charge on any atom is 0.267 e. The van der Waals surface area contributed by atoms with Gasteiger partial charge in [-0.05, 0) is 51.1 Å². The number of aliphatic hydroxyl groups excluding tert-OH is 1. The van der Waals surface area contributed by atoms with E-state index in [-0.39, 0.29) is 35.6 Å². The lowest BCUT2D eigenvalue weighted by molar-refractivity contribution is -0.123. The third-order valence-corrected chi connectivity index (χ3v) is 6.30. The second-order valence-electron chi connectivity index (χ2n) is 7.62. The van der Waals surface area contributed by atoms with Gasteiger partial charge in [0.2, 0.25) is 5.91 Å². The molecule has 1 saturated heterocycles. The summed E-state index contributed by atoms with van der Waals surface area (Å²) in [4.78, 5) is 42.0. The number of halogens is 1. The summed E-state index contributed by atoms with van der Waals surface area (Å²) < 4.78 is 13.5. The molecule has 0 bridgehead atoms. The molecule has 2 aromatic rings. The molecule has 3 amide bonds. The highest BCUT2D eigenvalue weighted by Crippen LogP contribution is 2.44. The number of thiocarbonyl (C=S) groups is 1. The average Bonchev–Trinajstić information content (AvgIpc) is 3.22. The van der Waals surface area contributed by atoms with E-state index < -0.39 is 17.6 Å². The summed E-state index contributed by atoms with van der Waals surface area (Å²) in [5.74, 6) is -1.59. The molecule has 0 unspecified atom stereocenters. The van der Waals surface area contributed by atoms with Crippen LogP contribution in [0, 0.1) is 5.82 Å². The van der Waals surface area contributed by atoms with Gasteiger partial charge in [-0.1, -0.05) is 42.2 Å². The lowest BCUT2D eigenvalue weighted by Crippen LogP contribution is -2.36. The van der Waals surface area contributed by atoms with Crippen molar-refractivity contribution in [1.82, 2.24) is 4.90 Å². The second-order valence-corrected chi connectivity index (χ2v) is 9.26. The van der Waals surface area contributed by atoms with Gasteiger partial charge in [0, 0.05) is 23.9 Å². The Kier molecular flexibility index (Phi) is 8.19. The molecule has 2 aliphatic heterocycles. The van der Waals surface area contributed by atoms with Gasteiger partial charge >= 0.3 is 0 Å². The van der Waals surface area contributed by atoms with E-state index in [1.807, 2.05) is 13.8 Å². The zero-order valence-corrected chi connectivity index (χ0v) is 20.5. The van der Waals surface area contributed by atoms with Crippen molar-refractivity contribution >= 4 is 63.0 Å². The molecule has 2 heterocycles. The van der Waals surface area contributed by atoms with Crippen molar-refractivity contribution < 1.29 is 23.9 Å². The van der Waals surface area contributed by atoms with E-state index in [1.54, 1.807) is 31.2 Å². The largest absolute Gasteiger partial charge is 0.397 e. The van der Waals surface area contributed by atoms with Gasteiger partial charge < -0.3 is 10.4 Å². The van der Waals surface area contributed by atoms with Gasteiger partial charge in [0.1, 0.15) is 16.7 Å². The van der Waals surface area contributed by atoms with Crippen LogP contribution in [0.15, 0.2) is 53.4 Å². The number of nitrogens with zero attached hydrogens (tertiary/aromatic N) is 2. The minimum atomic E-state index is -0.439. The smallest absolute Gasteiger partial charge is 0.267 e. The van der Waals surface area contributed by atoms with Crippen molar-refractivity contribution in [2.45, 2.75) is 26.8 Å². The summed E-state index contributed by atoms with van der Waals surface area (Å²) >= 11 is 6.45. The van der Waals surface area contributed by atoms with Crippen LogP contribution < -0.4 is 10.2 Å². The molecule has 0 radical (unpaired) electrons. The second kappa shape index (κ2) is 10.9. The minimum absolute atomic E-state index is 0.130. The Bertz CT molecular complexity index is 1170. The summed E-state index contributed by atoms with van der Waals surface area (Å²) in [5.41, 5.74) is 1.81. The molecule has 1 fully saturated rings. The van der Waals surface area contributed by atoms with Gasteiger partial charge in [0.05, 0.1) is 16.2 Å². The van der Waals surface area contributed by atoms with Gasteiger partial charge in [-0.15, -0.1) is 0 Å². The van der Waals surface area contributed by atoms with Crippen LogP contribution in [0.2, 0.25) is 0 Å². The first-order valence-corrected chi connectivity index (χ1v) is 11.8. The molecule has 0 aliphatic carbocycles. The molecule has 178 valence electrons. The number of para-hydroxylation sites is 1. The van der Waals surface area contributed by atoms with E-state index in [4.69, 9.17) is 17.3 Å². The first-order valence-electron chi connectivity index (χ1n) is 10.6. The van der Waals surface area contributed by atoms with Crippen LogP contribution in [0.5, 0.6) is 0 Å². The third kappa shape index (κ3) is 5.19. The van der Waals surface area contributed by atoms with Crippen LogP contribution >= 0.6 is 24.0 Å². The lowest BCUT2D eigenvalue weighted by Gasteiger charge is -2.18. The molecule has 0 aromatic heterocycles. The number of carbonyl (C=O) groups excluding carboxylic acids is 3. The minimum Gasteiger partial charge on any atom is -0.397 e. The van der Waals surface area contributed by atoms with E-state index >= 15 is 0 Å². The number of hydrogen-bond donors (Lipinski definition) is 2. The van der Waals surface area contributed by atoms with E-state index in [1.165, 1.54) is 34.1 Å². The van der Waals surface area contributed by atoms with Crippen LogP contribution in [0.4, 0.5) is 15.8 Å². The molecule has 10 heteroatoms. The highest BCUT2D eigenvalue weighted by Gasteiger charge is 2.43. The van der Waals surface area contributed by atoms with Gasteiger partial charge in [-0.25, -0.2) is 4.39 Å². The maximum atomic E-state index is 13.3. The average molecular weight is 502 g/mol. The molecule has 0 atom stereocenters. The van der Waals surface area contributed by atoms with E-state index in [9.17, 15) is 18.8 Å².